The summed E-state index contributed by atoms with van der Waals surface area (Å²) in [6.45, 7) is 5.62. The number of carbonyl (C=O) groups excluding carboxylic acids is 1. The minimum atomic E-state index is -0.466. The van der Waals surface area contributed by atoms with Crippen molar-refractivity contribution in [2.24, 2.45) is 0 Å². The van der Waals surface area contributed by atoms with Crippen molar-refractivity contribution in [1.29, 1.82) is 0 Å². The van der Waals surface area contributed by atoms with Crippen molar-refractivity contribution in [3.8, 4) is 0 Å². The lowest BCUT2D eigenvalue weighted by Crippen LogP contribution is -2.38. The van der Waals surface area contributed by atoms with Gasteiger partial charge in [-0.25, -0.2) is 4.79 Å². The van der Waals surface area contributed by atoms with Gasteiger partial charge in [0.2, 0.25) is 0 Å². The summed E-state index contributed by atoms with van der Waals surface area (Å²) in [7, 11) is 0. The number of pyridine rings is 1. The summed E-state index contributed by atoms with van der Waals surface area (Å²) < 4.78 is 5.41. The first kappa shape index (κ1) is 11.9. The highest BCUT2D eigenvalue weighted by Gasteiger charge is 2.36. The number of rotatable bonds is 2. The van der Waals surface area contributed by atoms with Gasteiger partial charge in [-0.15, -0.1) is 0 Å². The van der Waals surface area contributed by atoms with E-state index in [0.717, 1.165) is 18.5 Å². The van der Waals surface area contributed by atoms with Gasteiger partial charge in [-0.2, -0.15) is 0 Å². The number of hydrogen-bond acceptors (Lipinski definition) is 3. The Morgan fingerprint density at radius 2 is 2.18 bits per heavy atom. The third kappa shape index (κ3) is 3.19. The van der Waals surface area contributed by atoms with E-state index >= 15 is 0 Å². The summed E-state index contributed by atoms with van der Waals surface area (Å²) in [5.41, 5.74) is 0.344. The van der Waals surface area contributed by atoms with Gasteiger partial charge in [0.25, 0.3) is 0 Å². The van der Waals surface area contributed by atoms with E-state index in [-0.39, 0.29) is 12.1 Å². The highest BCUT2D eigenvalue weighted by atomic mass is 16.6. The second kappa shape index (κ2) is 4.35. The first-order valence-corrected chi connectivity index (χ1v) is 5.89. The fraction of sp³-hybridized carbons (Fsp3) is 0.538. The summed E-state index contributed by atoms with van der Waals surface area (Å²) in [6.07, 6.45) is 5.18. The molecule has 1 amide bonds. The second-order valence-corrected chi connectivity index (χ2v) is 5.29. The van der Waals surface area contributed by atoms with Crippen LogP contribution in [0.25, 0.3) is 0 Å². The van der Waals surface area contributed by atoms with Crippen LogP contribution in [0.3, 0.4) is 0 Å². The zero-order chi connectivity index (χ0) is 12.5. The minimum absolute atomic E-state index is 0.272. The van der Waals surface area contributed by atoms with Crippen LogP contribution in [0.1, 0.15) is 33.6 Å². The lowest BCUT2D eigenvalue weighted by molar-refractivity contribution is 0.0577. The molecule has 0 atom stereocenters. The molecule has 0 aromatic carbocycles. The first-order valence-electron chi connectivity index (χ1n) is 5.89. The van der Waals surface area contributed by atoms with Crippen LogP contribution >= 0.6 is 0 Å². The molecule has 0 aliphatic heterocycles. The van der Waals surface area contributed by atoms with Gasteiger partial charge in [-0.05, 0) is 45.7 Å². The van der Waals surface area contributed by atoms with E-state index in [1.54, 1.807) is 17.3 Å². The van der Waals surface area contributed by atoms with Gasteiger partial charge in [0.15, 0.2) is 0 Å². The molecule has 1 aromatic rings. The first-order chi connectivity index (χ1) is 7.97. The molecule has 1 aliphatic carbocycles. The fourth-order valence-electron chi connectivity index (χ4n) is 1.61. The van der Waals surface area contributed by atoms with E-state index < -0.39 is 5.60 Å². The van der Waals surface area contributed by atoms with Crippen LogP contribution in [0.4, 0.5) is 10.5 Å². The Bertz CT molecular complexity index is 394. The Morgan fingerprint density at radius 3 is 2.65 bits per heavy atom. The van der Waals surface area contributed by atoms with Crippen molar-refractivity contribution in [1.82, 2.24) is 4.98 Å². The Hall–Kier alpha value is -1.58. The van der Waals surface area contributed by atoms with Gasteiger partial charge >= 0.3 is 6.09 Å². The summed E-state index contributed by atoms with van der Waals surface area (Å²) in [6, 6.07) is 3.98. The standard InChI is InChI=1S/C13H18N2O2/c1-13(2,3)17-12(16)15(10-6-7-10)11-5-4-8-14-9-11/h4-5,8-10H,6-7H2,1-3H3. The van der Waals surface area contributed by atoms with Crippen LogP contribution in [0.2, 0.25) is 0 Å². The molecule has 0 bridgehead atoms. The Morgan fingerprint density at radius 1 is 1.47 bits per heavy atom. The van der Waals surface area contributed by atoms with Gasteiger partial charge < -0.3 is 4.74 Å². The van der Waals surface area contributed by atoms with Crippen molar-refractivity contribution in [3.63, 3.8) is 0 Å². The largest absolute Gasteiger partial charge is 0.443 e. The van der Waals surface area contributed by atoms with Crippen molar-refractivity contribution in [3.05, 3.63) is 24.5 Å². The van der Waals surface area contributed by atoms with Crippen LogP contribution in [0, 0.1) is 0 Å². The molecular formula is C13H18N2O2. The van der Waals surface area contributed by atoms with Crippen molar-refractivity contribution >= 4 is 11.8 Å². The average Bonchev–Trinajstić information content (AvgIpc) is 3.01. The second-order valence-electron chi connectivity index (χ2n) is 5.29. The van der Waals surface area contributed by atoms with Gasteiger partial charge in [0, 0.05) is 12.2 Å². The van der Waals surface area contributed by atoms with E-state index in [1.807, 2.05) is 32.9 Å². The molecule has 1 fully saturated rings. The number of aromatic nitrogens is 1. The predicted molar refractivity (Wildman–Crippen MR) is 66.0 cm³/mol. The Kier molecular flexibility index (Phi) is 3.05. The zero-order valence-electron chi connectivity index (χ0n) is 10.5. The third-order valence-corrected chi connectivity index (χ3v) is 2.43. The van der Waals surface area contributed by atoms with E-state index in [2.05, 4.69) is 4.98 Å². The molecule has 1 heterocycles. The topological polar surface area (TPSA) is 42.4 Å². The quantitative estimate of drug-likeness (QED) is 0.790. The molecular weight excluding hydrogens is 216 g/mol. The summed E-state index contributed by atoms with van der Waals surface area (Å²) in [5.74, 6) is 0. The van der Waals surface area contributed by atoms with Crippen LogP contribution < -0.4 is 4.90 Å². The van der Waals surface area contributed by atoms with E-state index in [1.165, 1.54) is 0 Å². The molecule has 0 spiro atoms. The molecule has 0 radical (unpaired) electrons. The van der Waals surface area contributed by atoms with Gasteiger partial charge in [-0.1, -0.05) is 0 Å². The maximum Gasteiger partial charge on any atom is 0.415 e. The maximum atomic E-state index is 12.1. The lowest BCUT2D eigenvalue weighted by atomic mass is 10.2. The molecule has 1 saturated carbocycles. The van der Waals surface area contributed by atoms with Crippen molar-refractivity contribution in [2.45, 2.75) is 45.3 Å². The number of nitrogens with zero attached hydrogens (tertiary/aromatic N) is 2. The van der Waals surface area contributed by atoms with Crippen LogP contribution in [-0.2, 0) is 4.74 Å². The number of ether oxygens (including phenoxy) is 1. The maximum absolute atomic E-state index is 12.1. The average molecular weight is 234 g/mol. The number of carbonyl (C=O) groups is 1. The lowest BCUT2D eigenvalue weighted by Gasteiger charge is -2.27. The Labute approximate surface area is 102 Å². The Balaban J connectivity index is 2.16. The number of amides is 1. The minimum Gasteiger partial charge on any atom is -0.443 e. The SMILES string of the molecule is CC(C)(C)OC(=O)N(c1cccnc1)C1CC1. The van der Waals surface area contributed by atoms with Crippen molar-refractivity contribution < 1.29 is 9.53 Å². The summed E-state index contributed by atoms with van der Waals surface area (Å²) in [5, 5.41) is 0. The fourth-order valence-corrected chi connectivity index (χ4v) is 1.61. The summed E-state index contributed by atoms with van der Waals surface area (Å²) in [4.78, 5) is 17.9. The van der Waals surface area contributed by atoms with Gasteiger partial charge in [-0.3, -0.25) is 9.88 Å². The van der Waals surface area contributed by atoms with E-state index in [4.69, 9.17) is 4.74 Å². The summed E-state index contributed by atoms with van der Waals surface area (Å²) >= 11 is 0. The zero-order valence-corrected chi connectivity index (χ0v) is 10.5. The molecule has 4 nitrogen and oxygen atoms in total. The third-order valence-electron chi connectivity index (χ3n) is 2.43. The smallest absolute Gasteiger partial charge is 0.415 e. The molecule has 0 N–H and O–H groups in total. The highest BCUT2D eigenvalue weighted by Crippen LogP contribution is 2.32. The monoisotopic (exact) mass is 234 g/mol. The molecule has 0 saturated heterocycles. The molecule has 1 aromatic heterocycles. The predicted octanol–water partition coefficient (Wildman–Crippen LogP) is 2.99. The van der Waals surface area contributed by atoms with E-state index in [9.17, 15) is 4.79 Å². The number of hydrogen-bond donors (Lipinski definition) is 0. The van der Waals surface area contributed by atoms with Crippen LogP contribution in [0.15, 0.2) is 24.5 Å². The van der Waals surface area contributed by atoms with Crippen LogP contribution in [-0.4, -0.2) is 22.7 Å². The molecule has 2 rings (SSSR count). The molecule has 17 heavy (non-hydrogen) atoms. The molecule has 92 valence electrons. The molecule has 1 aliphatic rings. The van der Waals surface area contributed by atoms with Crippen molar-refractivity contribution in [2.75, 3.05) is 4.90 Å². The van der Waals surface area contributed by atoms with Gasteiger partial charge in [0.05, 0.1) is 11.9 Å². The van der Waals surface area contributed by atoms with Gasteiger partial charge in [0.1, 0.15) is 5.60 Å². The highest BCUT2D eigenvalue weighted by molar-refractivity contribution is 5.88. The number of anilines is 1. The molecule has 4 heteroatoms. The van der Waals surface area contributed by atoms with E-state index in [0.29, 0.717) is 0 Å². The van der Waals surface area contributed by atoms with Crippen LogP contribution in [0.5, 0.6) is 0 Å². The normalized spacial score (nSPS) is 15.5. The molecule has 0 unspecified atom stereocenters.